The van der Waals surface area contributed by atoms with Gasteiger partial charge in [0.25, 0.3) is 5.91 Å². The van der Waals surface area contributed by atoms with E-state index in [1.54, 1.807) is 0 Å². The predicted molar refractivity (Wildman–Crippen MR) is 104 cm³/mol. The van der Waals surface area contributed by atoms with Crippen LogP contribution in [0.15, 0.2) is 42.5 Å². The van der Waals surface area contributed by atoms with Crippen LogP contribution in [0, 0.1) is 0 Å². The Hall–Kier alpha value is -2.89. The Morgan fingerprint density at radius 1 is 1.11 bits per heavy atom. The fourth-order valence-electron chi connectivity index (χ4n) is 3.54. The van der Waals surface area contributed by atoms with Crippen molar-refractivity contribution in [2.24, 2.45) is 0 Å². The molecule has 6 heteroatoms. The molecule has 1 aliphatic rings. The van der Waals surface area contributed by atoms with Crippen LogP contribution in [0.4, 0.5) is 4.79 Å². The molecule has 0 saturated carbocycles. The van der Waals surface area contributed by atoms with Crippen molar-refractivity contribution >= 4 is 28.6 Å². The molecule has 2 aromatic carbocycles. The Morgan fingerprint density at radius 2 is 1.78 bits per heavy atom. The van der Waals surface area contributed by atoms with Crippen LogP contribution in [0.1, 0.15) is 45.2 Å². The number of imide groups is 1. The van der Waals surface area contributed by atoms with Gasteiger partial charge in [0.1, 0.15) is 12.1 Å². The third-order valence-corrected chi connectivity index (χ3v) is 5.41. The number of hydrogen-bond donors (Lipinski definition) is 2. The molecule has 1 aliphatic heterocycles. The minimum absolute atomic E-state index is 0.232. The first-order chi connectivity index (χ1) is 12.9. The molecule has 27 heavy (non-hydrogen) atoms. The van der Waals surface area contributed by atoms with Gasteiger partial charge in [-0.15, -0.1) is 0 Å². The lowest BCUT2D eigenvalue weighted by Crippen LogP contribution is -2.46. The lowest BCUT2D eigenvalue weighted by Gasteiger charge is -2.23. The summed E-state index contributed by atoms with van der Waals surface area (Å²) < 4.78 is 0. The van der Waals surface area contributed by atoms with Crippen LogP contribution in [-0.2, 0) is 9.59 Å². The summed E-state index contributed by atoms with van der Waals surface area (Å²) in [4.78, 5) is 38.2. The van der Waals surface area contributed by atoms with Gasteiger partial charge in [-0.1, -0.05) is 50.2 Å². The maximum Gasteiger partial charge on any atom is 0.325 e. The molecule has 3 rings (SSSR count). The fraction of sp³-hybridized carbons (Fsp3) is 0.381. The van der Waals surface area contributed by atoms with Gasteiger partial charge >= 0.3 is 6.03 Å². The lowest BCUT2D eigenvalue weighted by molar-refractivity contribution is -0.135. The Labute approximate surface area is 158 Å². The van der Waals surface area contributed by atoms with Gasteiger partial charge in [0, 0.05) is 0 Å². The first kappa shape index (κ1) is 18.9. The maximum absolute atomic E-state index is 12.6. The molecule has 0 aliphatic carbocycles. The van der Waals surface area contributed by atoms with E-state index < -0.39 is 11.6 Å². The fourth-order valence-corrected chi connectivity index (χ4v) is 3.54. The summed E-state index contributed by atoms with van der Waals surface area (Å²) in [5.74, 6) is -0.687. The maximum atomic E-state index is 12.6. The quantitative estimate of drug-likeness (QED) is 0.770. The third kappa shape index (κ3) is 3.52. The predicted octanol–water partition coefficient (Wildman–Crippen LogP) is 3.13. The SMILES string of the molecule is CCC1(CC)NC(=O)N(CC(=O)N[C@@H](C)c2ccc3ccccc3c2)C1=O. The number of carbonyl (C=O) groups excluding carboxylic acids is 3. The number of fused-ring (bicyclic) bond motifs is 1. The summed E-state index contributed by atoms with van der Waals surface area (Å²) in [7, 11) is 0. The Morgan fingerprint density at radius 3 is 2.41 bits per heavy atom. The van der Waals surface area contributed by atoms with Crippen LogP contribution < -0.4 is 10.6 Å². The molecule has 2 N–H and O–H groups in total. The first-order valence-electron chi connectivity index (χ1n) is 9.32. The van der Waals surface area contributed by atoms with E-state index in [4.69, 9.17) is 0 Å². The molecule has 0 aromatic heterocycles. The molecule has 6 nitrogen and oxygen atoms in total. The molecule has 4 amide bonds. The van der Waals surface area contributed by atoms with Gasteiger partial charge in [-0.3, -0.25) is 14.5 Å². The zero-order valence-corrected chi connectivity index (χ0v) is 15.9. The Kier molecular flexibility index (Phi) is 5.17. The molecule has 142 valence electrons. The number of carbonyl (C=O) groups is 3. The van der Waals surface area contributed by atoms with Crippen LogP contribution in [0.5, 0.6) is 0 Å². The topological polar surface area (TPSA) is 78.5 Å². The number of nitrogens with one attached hydrogen (secondary N) is 2. The highest BCUT2D eigenvalue weighted by atomic mass is 16.2. The highest BCUT2D eigenvalue weighted by Gasteiger charge is 2.49. The molecule has 0 unspecified atom stereocenters. The summed E-state index contributed by atoms with van der Waals surface area (Å²) in [6.07, 6.45) is 0.999. The monoisotopic (exact) mass is 367 g/mol. The van der Waals surface area contributed by atoms with Gasteiger partial charge in [-0.2, -0.15) is 0 Å². The van der Waals surface area contributed by atoms with Crippen LogP contribution in [0.2, 0.25) is 0 Å². The second-order valence-corrected chi connectivity index (χ2v) is 7.01. The molecule has 0 spiro atoms. The zero-order valence-electron chi connectivity index (χ0n) is 15.9. The van der Waals surface area contributed by atoms with E-state index in [0.29, 0.717) is 12.8 Å². The zero-order chi connectivity index (χ0) is 19.6. The van der Waals surface area contributed by atoms with Gasteiger partial charge in [0.2, 0.25) is 5.91 Å². The highest BCUT2D eigenvalue weighted by molar-refractivity contribution is 6.09. The summed E-state index contributed by atoms with van der Waals surface area (Å²) in [5, 5.41) is 7.85. The van der Waals surface area contributed by atoms with Crippen molar-refractivity contribution in [3.63, 3.8) is 0 Å². The molecule has 1 heterocycles. The van der Waals surface area contributed by atoms with E-state index in [9.17, 15) is 14.4 Å². The molecule has 0 radical (unpaired) electrons. The number of rotatable bonds is 6. The van der Waals surface area contributed by atoms with Crippen molar-refractivity contribution in [1.82, 2.24) is 15.5 Å². The van der Waals surface area contributed by atoms with Crippen molar-refractivity contribution in [2.75, 3.05) is 6.54 Å². The van der Waals surface area contributed by atoms with Crippen molar-refractivity contribution in [3.05, 3.63) is 48.0 Å². The van der Waals surface area contributed by atoms with E-state index in [-0.39, 0.29) is 24.4 Å². The third-order valence-electron chi connectivity index (χ3n) is 5.41. The summed E-state index contributed by atoms with van der Waals surface area (Å²) in [6.45, 7) is 5.32. The van der Waals surface area contributed by atoms with Crippen LogP contribution in [0.25, 0.3) is 10.8 Å². The van der Waals surface area contributed by atoms with Gasteiger partial charge in [0.05, 0.1) is 6.04 Å². The summed E-state index contributed by atoms with van der Waals surface area (Å²) >= 11 is 0. The molecule has 1 saturated heterocycles. The van der Waals surface area contributed by atoms with Gasteiger partial charge in [-0.05, 0) is 42.2 Å². The van der Waals surface area contributed by atoms with E-state index in [0.717, 1.165) is 21.2 Å². The Balaban J connectivity index is 1.68. The number of nitrogens with zero attached hydrogens (tertiary/aromatic N) is 1. The molecule has 0 bridgehead atoms. The van der Waals surface area contributed by atoms with Crippen LogP contribution in [0.3, 0.4) is 0 Å². The first-order valence-corrected chi connectivity index (χ1v) is 9.32. The second-order valence-electron chi connectivity index (χ2n) is 7.01. The normalized spacial score (nSPS) is 17.1. The van der Waals surface area contributed by atoms with E-state index >= 15 is 0 Å². The van der Waals surface area contributed by atoms with Crippen LogP contribution in [-0.4, -0.2) is 34.8 Å². The van der Waals surface area contributed by atoms with E-state index in [1.807, 2.05) is 63.2 Å². The van der Waals surface area contributed by atoms with Gasteiger partial charge in [-0.25, -0.2) is 4.79 Å². The minimum Gasteiger partial charge on any atom is -0.348 e. The summed E-state index contributed by atoms with van der Waals surface area (Å²) in [6, 6.07) is 13.3. The Bertz CT molecular complexity index is 889. The molecule has 1 fully saturated rings. The largest absolute Gasteiger partial charge is 0.348 e. The number of benzene rings is 2. The average Bonchev–Trinajstić information content (AvgIpc) is 2.92. The summed E-state index contributed by atoms with van der Waals surface area (Å²) in [5.41, 5.74) is 0.0807. The van der Waals surface area contributed by atoms with E-state index in [2.05, 4.69) is 10.6 Å². The molecule has 1 atom stereocenters. The van der Waals surface area contributed by atoms with Crippen molar-refractivity contribution in [3.8, 4) is 0 Å². The van der Waals surface area contributed by atoms with Gasteiger partial charge in [0.15, 0.2) is 0 Å². The van der Waals surface area contributed by atoms with Crippen molar-refractivity contribution < 1.29 is 14.4 Å². The number of urea groups is 1. The highest BCUT2D eigenvalue weighted by Crippen LogP contribution is 2.25. The average molecular weight is 367 g/mol. The molecule has 2 aromatic rings. The second kappa shape index (κ2) is 7.39. The number of hydrogen-bond acceptors (Lipinski definition) is 3. The van der Waals surface area contributed by atoms with E-state index in [1.165, 1.54) is 0 Å². The smallest absolute Gasteiger partial charge is 0.325 e. The number of amides is 4. The van der Waals surface area contributed by atoms with Gasteiger partial charge < -0.3 is 10.6 Å². The van der Waals surface area contributed by atoms with Crippen LogP contribution >= 0.6 is 0 Å². The van der Waals surface area contributed by atoms with Crippen molar-refractivity contribution in [2.45, 2.75) is 45.2 Å². The van der Waals surface area contributed by atoms with Crippen molar-refractivity contribution in [1.29, 1.82) is 0 Å². The molecular formula is C21H25N3O3. The molecular weight excluding hydrogens is 342 g/mol. The minimum atomic E-state index is -0.888. The lowest BCUT2D eigenvalue weighted by atomic mass is 9.93. The standard InChI is InChI=1S/C21H25N3O3/c1-4-21(5-2)19(26)24(20(27)23-21)13-18(25)22-14(3)16-11-10-15-8-6-7-9-17(15)12-16/h6-12,14H,4-5,13H2,1-3H3,(H,22,25)(H,23,27)/t14-/m0/s1.